The Morgan fingerprint density at radius 3 is 2.76 bits per heavy atom. The summed E-state index contributed by atoms with van der Waals surface area (Å²) in [5, 5.41) is 0. The van der Waals surface area contributed by atoms with E-state index < -0.39 is 0 Å². The largest absolute Gasteiger partial charge is 0.295 e. The Kier molecular flexibility index (Phi) is 4.51. The predicted octanol–water partition coefficient (Wildman–Crippen LogP) is 5.31. The van der Waals surface area contributed by atoms with Gasteiger partial charge >= 0.3 is 0 Å². The van der Waals surface area contributed by atoms with E-state index in [1.165, 1.54) is 12.1 Å². The van der Waals surface area contributed by atoms with E-state index in [0.29, 0.717) is 12.3 Å². The summed E-state index contributed by atoms with van der Waals surface area (Å²) in [4.78, 5) is 4.64. The number of aromatic nitrogens is 2. The minimum absolute atomic E-state index is 0.243. The molecule has 0 saturated carbocycles. The van der Waals surface area contributed by atoms with Gasteiger partial charge in [-0.3, -0.25) is 4.57 Å². The molecule has 0 aliphatic carbocycles. The van der Waals surface area contributed by atoms with Gasteiger partial charge in [0.05, 0.1) is 16.7 Å². The van der Waals surface area contributed by atoms with Crippen molar-refractivity contribution in [3.05, 3.63) is 56.1 Å². The lowest BCUT2D eigenvalue weighted by atomic mass is 10.2. The van der Waals surface area contributed by atoms with E-state index in [0.717, 1.165) is 30.6 Å². The van der Waals surface area contributed by atoms with Crippen LogP contribution in [0, 0.1) is 9.39 Å². The minimum Gasteiger partial charge on any atom is -0.295 e. The number of halogens is 4. The maximum atomic E-state index is 13.4. The number of nitrogens with zero attached hydrogens (tertiary/aromatic N) is 2. The van der Waals surface area contributed by atoms with Crippen molar-refractivity contribution in [2.24, 2.45) is 0 Å². The van der Waals surface area contributed by atoms with Crippen molar-refractivity contribution in [1.82, 2.24) is 9.55 Å². The molecule has 0 spiro atoms. The van der Waals surface area contributed by atoms with Crippen molar-refractivity contribution >= 4 is 61.2 Å². The Morgan fingerprint density at radius 1 is 1.24 bits per heavy atom. The quantitative estimate of drug-likeness (QED) is 0.368. The molecule has 2 nitrogen and oxygen atoms in total. The van der Waals surface area contributed by atoms with Gasteiger partial charge < -0.3 is 0 Å². The molecule has 0 amide bonds. The summed E-state index contributed by atoms with van der Waals surface area (Å²) in [6, 6.07) is 10.7. The molecule has 6 heteroatoms. The van der Waals surface area contributed by atoms with E-state index in [1.54, 1.807) is 6.07 Å². The third-order valence-corrected chi connectivity index (χ3v) is 4.70. The summed E-state index contributed by atoms with van der Waals surface area (Å²) in [7, 11) is 0. The second-order valence-electron chi connectivity index (χ2n) is 4.53. The SMILES string of the molecule is Fc1ccc(-n2c(CCCl)nc3ccc(Br)cc32)c(I)c1. The van der Waals surface area contributed by atoms with Crippen molar-refractivity contribution in [3.8, 4) is 5.69 Å². The topological polar surface area (TPSA) is 17.8 Å². The molecule has 0 N–H and O–H groups in total. The fourth-order valence-corrected chi connectivity index (χ4v) is 3.52. The van der Waals surface area contributed by atoms with E-state index in [1.807, 2.05) is 22.8 Å². The average molecular weight is 480 g/mol. The number of benzene rings is 2. The number of imidazole rings is 1. The normalized spacial score (nSPS) is 11.2. The lowest BCUT2D eigenvalue weighted by molar-refractivity contribution is 0.626. The Morgan fingerprint density at radius 2 is 2.05 bits per heavy atom. The van der Waals surface area contributed by atoms with Gasteiger partial charge in [-0.2, -0.15) is 0 Å². The number of alkyl halides is 1. The monoisotopic (exact) mass is 478 g/mol. The summed E-state index contributed by atoms with van der Waals surface area (Å²) in [5.41, 5.74) is 2.80. The van der Waals surface area contributed by atoms with Crippen LogP contribution in [-0.2, 0) is 6.42 Å². The maximum Gasteiger partial charge on any atom is 0.124 e. The zero-order valence-electron chi connectivity index (χ0n) is 10.8. The van der Waals surface area contributed by atoms with Gasteiger partial charge in [-0.15, -0.1) is 11.6 Å². The molecular formula is C15H10BrClFIN2. The Hall–Kier alpha value is -0.660. The first-order valence-corrected chi connectivity index (χ1v) is 8.69. The predicted molar refractivity (Wildman–Crippen MR) is 95.9 cm³/mol. The van der Waals surface area contributed by atoms with E-state index in [9.17, 15) is 4.39 Å². The molecule has 2 aromatic carbocycles. The highest BCUT2D eigenvalue weighted by atomic mass is 127. The second-order valence-corrected chi connectivity index (χ2v) is 6.99. The maximum absolute atomic E-state index is 13.4. The van der Waals surface area contributed by atoms with Crippen LogP contribution in [0.1, 0.15) is 5.82 Å². The minimum atomic E-state index is -0.243. The average Bonchev–Trinajstić information content (AvgIpc) is 2.77. The van der Waals surface area contributed by atoms with Crippen LogP contribution in [0.5, 0.6) is 0 Å². The van der Waals surface area contributed by atoms with Gasteiger partial charge in [0.1, 0.15) is 11.6 Å². The van der Waals surface area contributed by atoms with Crippen molar-refractivity contribution in [1.29, 1.82) is 0 Å². The molecule has 0 fully saturated rings. The number of aryl methyl sites for hydroxylation is 1. The van der Waals surface area contributed by atoms with Crippen molar-refractivity contribution in [3.63, 3.8) is 0 Å². The second kappa shape index (κ2) is 6.22. The number of hydrogen-bond acceptors (Lipinski definition) is 1. The molecule has 0 aliphatic heterocycles. The molecule has 0 saturated heterocycles. The summed E-state index contributed by atoms with van der Waals surface area (Å²) < 4.78 is 17.2. The molecule has 0 radical (unpaired) electrons. The first-order chi connectivity index (χ1) is 10.1. The van der Waals surface area contributed by atoms with Gasteiger partial charge in [0.15, 0.2) is 0 Å². The van der Waals surface area contributed by atoms with E-state index in [2.05, 4.69) is 43.5 Å². The summed E-state index contributed by atoms with van der Waals surface area (Å²) in [6.07, 6.45) is 0.654. The van der Waals surface area contributed by atoms with Crippen LogP contribution in [-0.4, -0.2) is 15.4 Å². The highest BCUT2D eigenvalue weighted by Gasteiger charge is 2.15. The van der Waals surface area contributed by atoms with Gasteiger partial charge in [0.25, 0.3) is 0 Å². The van der Waals surface area contributed by atoms with E-state index >= 15 is 0 Å². The van der Waals surface area contributed by atoms with Crippen LogP contribution in [0.2, 0.25) is 0 Å². The van der Waals surface area contributed by atoms with E-state index in [4.69, 9.17) is 11.6 Å². The van der Waals surface area contributed by atoms with Crippen LogP contribution < -0.4 is 0 Å². The highest BCUT2D eigenvalue weighted by Crippen LogP contribution is 2.28. The zero-order valence-corrected chi connectivity index (χ0v) is 15.3. The van der Waals surface area contributed by atoms with Gasteiger partial charge in [0.2, 0.25) is 0 Å². The number of rotatable bonds is 3. The van der Waals surface area contributed by atoms with Gasteiger partial charge in [0, 0.05) is 20.3 Å². The smallest absolute Gasteiger partial charge is 0.124 e. The molecular weight excluding hydrogens is 469 g/mol. The number of fused-ring (bicyclic) bond motifs is 1. The Bertz CT molecular complexity index is 819. The zero-order chi connectivity index (χ0) is 15.0. The fraction of sp³-hybridized carbons (Fsp3) is 0.133. The van der Waals surface area contributed by atoms with Crippen LogP contribution in [0.25, 0.3) is 16.7 Å². The molecule has 0 aliphatic rings. The molecule has 3 rings (SSSR count). The fourth-order valence-electron chi connectivity index (χ4n) is 2.28. The summed E-state index contributed by atoms with van der Waals surface area (Å²) >= 11 is 11.5. The molecule has 1 aromatic heterocycles. The van der Waals surface area contributed by atoms with Crippen LogP contribution in [0.15, 0.2) is 40.9 Å². The van der Waals surface area contributed by atoms with Crippen LogP contribution in [0.4, 0.5) is 4.39 Å². The summed E-state index contributed by atoms with van der Waals surface area (Å²) in [5.74, 6) is 1.12. The number of hydrogen-bond donors (Lipinski definition) is 0. The highest BCUT2D eigenvalue weighted by molar-refractivity contribution is 14.1. The van der Waals surface area contributed by atoms with Gasteiger partial charge in [-0.25, -0.2) is 9.37 Å². The lowest BCUT2D eigenvalue weighted by Gasteiger charge is -2.11. The van der Waals surface area contributed by atoms with Crippen molar-refractivity contribution in [2.75, 3.05) is 5.88 Å². The van der Waals surface area contributed by atoms with Crippen molar-refractivity contribution < 1.29 is 4.39 Å². The Balaban J connectivity index is 2.32. The standard InChI is InChI=1S/C15H10BrClFIN2/c16-9-1-3-12-14(7-9)21(15(20-12)5-6-17)13-4-2-10(18)8-11(13)19/h1-4,7-8H,5-6H2. The van der Waals surface area contributed by atoms with Crippen LogP contribution in [0.3, 0.4) is 0 Å². The summed E-state index contributed by atoms with van der Waals surface area (Å²) in [6.45, 7) is 0. The molecule has 1 heterocycles. The third-order valence-electron chi connectivity index (χ3n) is 3.15. The molecule has 3 aromatic rings. The first kappa shape index (κ1) is 15.2. The van der Waals surface area contributed by atoms with Crippen molar-refractivity contribution in [2.45, 2.75) is 6.42 Å². The molecule has 0 bridgehead atoms. The van der Waals surface area contributed by atoms with Gasteiger partial charge in [-0.05, 0) is 59.0 Å². The lowest BCUT2D eigenvalue weighted by Crippen LogP contribution is -2.04. The van der Waals surface area contributed by atoms with E-state index in [-0.39, 0.29) is 5.82 Å². The molecule has 0 unspecified atom stereocenters. The Labute approximate surface area is 148 Å². The van der Waals surface area contributed by atoms with Gasteiger partial charge in [-0.1, -0.05) is 15.9 Å². The first-order valence-electron chi connectivity index (χ1n) is 6.28. The molecule has 0 atom stereocenters. The molecule has 21 heavy (non-hydrogen) atoms. The third kappa shape index (κ3) is 2.96. The van der Waals surface area contributed by atoms with Crippen LogP contribution >= 0.6 is 50.1 Å². The molecule has 108 valence electrons.